The SMILES string of the molecule is Cc1ccc(OCC2CC2)cc1C#N. The number of aryl methyl sites for hydroxylation is 1. The van der Waals surface area contributed by atoms with E-state index in [4.69, 9.17) is 10.00 Å². The molecule has 0 radical (unpaired) electrons. The van der Waals surface area contributed by atoms with E-state index >= 15 is 0 Å². The quantitative estimate of drug-likeness (QED) is 0.728. The van der Waals surface area contributed by atoms with E-state index in [-0.39, 0.29) is 0 Å². The van der Waals surface area contributed by atoms with Gasteiger partial charge < -0.3 is 4.74 Å². The van der Waals surface area contributed by atoms with Gasteiger partial charge in [0.1, 0.15) is 5.75 Å². The van der Waals surface area contributed by atoms with E-state index in [1.54, 1.807) is 0 Å². The van der Waals surface area contributed by atoms with E-state index in [2.05, 4.69) is 6.07 Å². The van der Waals surface area contributed by atoms with Crippen LogP contribution in [0.25, 0.3) is 0 Å². The lowest BCUT2D eigenvalue weighted by Crippen LogP contribution is -1.99. The molecule has 2 heteroatoms. The van der Waals surface area contributed by atoms with Gasteiger partial charge in [-0.3, -0.25) is 0 Å². The molecule has 1 aromatic rings. The number of hydrogen-bond acceptors (Lipinski definition) is 2. The third-order valence-corrected chi connectivity index (χ3v) is 2.51. The van der Waals surface area contributed by atoms with Crippen LogP contribution in [0.5, 0.6) is 5.75 Å². The van der Waals surface area contributed by atoms with Gasteiger partial charge in [-0.15, -0.1) is 0 Å². The first-order valence-electron chi connectivity index (χ1n) is 4.93. The highest BCUT2D eigenvalue weighted by atomic mass is 16.5. The van der Waals surface area contributed by atoms with E-state index in [9.17, 15) is 0 Å². The van der Waals surface area contributed by atoms with Gasteiger partial charge in [-0.25, -0.2) is 0 Å². The highest BCUT2D eigenvalue weighted by molar-refractivity contribution is 5.42. The Hall–Kier alpha value is -1.49. The summed E-state index contributed by atoms with van der Waals surface area (Å²) in [5.74, 6) is 1.57. The van der Waals surface area contributed by atoms with Crippen molar-refractivity contribution in [1.82, 2.24) is 0 Å². The Morgan fingerprint density at radius 2 is 2.29 bits per heavy atom. The summed E-state index contributed by atoms with van der Waals surface area (Å²) < 4.78 is 5.58. The number of hydrogen-bond donors (Lipinski definition) is 0. The van der Waals surface area contributed by atoms with Crippen LogP contribution in [0.4, 0.5) is 0 Å². The Labute approximate surface area is 84.1 Å². The van der Waals surface area contributed by atoms with Gasteiger partial charge in [0, 0.05) is 0 Å². The molecule has 0 N–H and O–H groups in total. The molecule has 2 nitrogen and oxygen atoms in total. The fourth-order valence-corrected chi connectivity index (χ4v) is 1.31. The van der Waals surface area contributed by atoms with Crippen LogP contribution < -0.4 is 4.74 Å². The van der Waals surface area contributed by atoms with E-state index in [1.165, 1.54) is 12.8 Å². The van der Waals surface area contributed by atoms with Gasteiger partial charge in [-0.2, -0.15) is 5.26 Å². The monoisotopic (exact) mass is 187 g/mol. The molecule has 72 valence electrons. The number of ether oxygens (including phenoxy) is 1. The third kappa shape index (κ3) is 2.05. The first-order chi connectivity index (χ1) is 6.79. The molecule has 1 aliphatic rings. The summed E-state index contributed by atoms with van der Waals surface area (Å²) in [4.78, 5) is 0. The van der Waals surface area contributed by atoms with E-state index in [0.717, 1.165) is 23.8 Å². The van der Waals surface area contributed by atoms with Gasteiger partial charge in [0.2, 0.25) is 0 Å². The summed E-state index contributed by atoms with van der Waals surface area (Å²) in [6.45, 7) is 2.73. The predicted octanol–water partition coefficient (Wildman–Crippen LogP) is 2.66. The minimum atomic E-state index is 0.707. The largest absolute Gasteiger partial charge is 0.493 e. The predicted molar refractivity (Wildman–Crippen MR) is 54.1 cm³/mol. The minimum absolute atomic E-state index is 0.707. The van der Waals surface area contributed by atoms with Crippen molar-refractivity contribution >= 4 is 0 Å². The van der Waals surface area contributed by atoms with Gasteiger partial charge in [0.05, 0.1) is 18.2 Å². The first kappa shape index (κ1) is 9.08. The van der Waals surface area contributed by atoms with E-state index in [1.807, 2.05) is 25.1 Å². The molecule has 1 aromatic carbocycles. The number of rotatable bonds is 3. The van der Waals surface area contributed by atoms with Crippen molar-refractivity contribution in [3.63, 3.8) is 0 Å². The van der Waals surface area contributed by atoms with Crippen molar-refractivity contribution in [2.45, 2.75) is 19.8 Å². The molecule has 2 rings (SSSR count). The summed E-state index contributed by atoms with van der Waals surface area (Å²) in [7, 11) is 0. The summed E-state index contributed by atoms with van der Waals surface area (Å²) >= 11 is 0. The number of nitrogens with zero attached hydrogens (tertiary/aromatic N) is 1. The van der Waals surface area contributed by atoms with Gasteiger partial charge in [0.15, 0.2) is 0 Å². The van der Waals surface area contributed by atoms with Crippen LogP contribution >= 0.6 is 0 Å². The summed E-state index contributed by atoms with van der Waals surface area (Å²) in [5, 5.41) is 8.83. The Morgan fingerprint density at radius 3 is 2.93 bits per heavy atom. The van der Waals surface area contributed by atoms with Gasteiger partial charge in [0.25, 0.3) is 0 Å². The molecule has 0 heterocycles. The molecule has 0 bridgehead atoms. The highest BCUT2D eigenvalue weighted by Gasteiger charge is 2.21. The van der Waals surface area contributed by atoms with E-state index in [0.29, 0.717) is 5.56 Å². The Kier molecular flexibility index (Phi) is 2.41. The van der Waals surface area contributed by atoms with Crippen LogP contribution in [0.3, 0.4) is 0 Å². The molecule has 14 heavy (non-hydrogen) atoms. The molecule has 0 amide bonds. The maximum atomic E-state index is 8.83. The molecule has 1 fully saturated rings. The van der Waals surface area contributed by atoms with Crippen LogP contribution in [-0.2, 0) is 0 Å². The molecule has 0 spiro atoms. The Bertz CT molecular complexity index is 374. The maximum absolute atomic E-state index is 8.83. The molecule has 0 aromatic heterocycles. The maximum Gasteiger partial charge on any atom is 0.120 e. The third-order valence-electron chi connectivity index (χ3n) is 2.51. The van der Waals surface area contributed by atoms with Gasteiger partial charge in [-0.05, 0) is 43.4 Å². The fraction of sp³-hybridized carbons (Fsp3) is 0.417. The standard InChI is InChI=1S/C12H13NO/c1-9-2-5-12(6-11(9)7-13)14-8-10-3-4-10/h2,5-6,10H,3-4,8H2,1H3. The highest BCUT2D eigenvalue weighted by Crippen LogP contribution is 2.29. The Balaban J connectivity index is 2.06. The Morgan fingerprint density at radius 1 is 1.50 bits per heavy atom. The molecular weight excluding hydrogens is 174 g/mol. The van der Waals surface area contributed by atoms with Crippen LogP contribution in [0, 0.1) is 24.2 Å². The van der Waals surface area contributed by atoms with Crippen molar-refractivity contribution in [2.24, 2.45) is 5.92 Å². The van der Waals surface area contributed by atoms with Gasteiger partial charge >= 0.3 is 0 Å². The van der Waals surface area contributed by atoms with Crippen molar-refractivity contribution in [3.8, 4) is 11.8 Å². The molecule has 0 aliphatic heterocycles. The summed E-state index contributed by atoms with van der Waals surface area (Å²) in [6.07, 6.45) is 2.58. The number of benzene rings is 1. The van der Waals surface area contributed by atoms with E-state index < -0.39 is 0 Å². The van der Waals surface area contributed by atoms with Gasteiger partial charge in [-0.1, -0.05) is 6.07 Å². The van der Waals surface area contributed by atoms with Crippen molar-refractivity contribution in [1.29, 1.82) is 5.26 Å². The summed E-state index contributed by atoms with van der Waals surface area (Å²) in [5.41, 5.74) is 1.71. The second-order valence-electron chi connectivity index (χ2n) is 3.84. The fourth-order valence-electron chi connectivity index (χ4n) is 1.31. The van der Waals surface area contributed by atoms with Crippen molar-refractivity contribution in [3.05, 3.63) is 29.3 Å². The first-order valence-corrected chi connectivity index (χ1v) is 4.93. The molecule has 1 aliphatic carbocycles. The summed E-state index contributed by atoms with van der Waals surface area (Å²) in [6, 6.07) is 7.84. The average Bonchev–Trinajstić information content (AvgIpc) is 3.00. The van der Waals surface area contributed by atoms with Crippen LogP contribution in [-0.4, -0.2) is 6.61 Å². The van der Waals surface area contributed by atoms with Crippen LogP contribution in [0.15, 0.2) is 18.2 Å². The second-order valence-corrected chi connectivity index (χ2v) is 3.84. The number of nitriles is 1. The molecule has 0 unspecified atom stereocenters. The van der Waals surface area contributed by atoms with Crippen LogP contribution in [0.2, 0.25) is 0 Å². The second kappa shape index (κ2) is 3.71. The average molecular weight is 187 g/mol. The topological polar surface area (TPSA) is 33.0 Å². The molecular formula is C12H13NO. The molecule has 1 saturated carbocycles. The van der Waals surface area contributed by atoms with Crippen molar-refractivity contribution < 1.29 is 4.74 Å². The molecule has 0 saturated heterocycles. The lowest BCUT2D eigenvalue weighted by Gasteiger charge is -2.06. The minimum Gasteiger partial charge on any atom is -0.493 e. The lowest BCUT2D eigenvalue weighted by molar-refractivity contribution is 0.299. The smallest absolute Gasteiger partial charge is 0.120 e. The zero-order valence-corrected chi connectivity index (χ0v) is 8.29. The molecule has 0 atom stereocenters. The zero-order valence-electron chi connectivity index (χ0n) is 8.29. The lowest BCUT2D eigenvalue weighted by atomic mass is 10.1. The van der Waals surface area contributed by atoms with Crippen molar-refractivity contribution in [2.75, 3.05) is 6.61 Å². The normalized spacial score (nSPS) is 14.9. The zero-order chi connectivity index (χ0) is 9.97. The van der Waals surface area contributed by atoms with Crippen LogP contribution in [0.1, 0.15) is 24.0 Å².